The Bertz CT molecular complexity index is 1380. The highest BCUT2D eigenvalue weighted by Gasteiger charge is 2.37. The van der Waals surface area contributed by atoms with Crippen molar-refractivity contribution in [3.63, 3.8) is 0 Å². The van der Waals surface area contributed by atoms with Crippen molar-refractivity contribution in [2.45, 2.75) is 36.3 Å². The van der Waals surface area contributed by atoms with Gasteiger partial charge in [0.15, 0.2) is 0 Å². The van der Waals surface area contributed by atoms with Gasteiger partial charge in [0.1, 0.15) is 11.9 Å². The van der Waals surface area contributed by atoms with Crippen molar-refractivity contribution in [1.82, 2.24) is 30.9 Å². The first kappa shape index (κ1) is 37.6. The van der Waals surface area contributed by atoms with Crippen molar-refractivity contribution in [3.05, 3.63) is 57.6 Å². The number of hydrogen-bond donors (Lipinski definition) is 5. The summed E-state index contributed by atoms with van der Waals surface area (Å²) >= 11 is 12.7. The lowest BCUT2D eigenvalue weighted by Gasteiger charge is -2.27. The highest BCUT2D eigenvalue weighted by Crippen LogP contribution is 2.42. The lowest BCUT2D eigenvalue weighted by molar-refractivity contribution is 0.0516. The monoisotopic (exact) mass is 702 g/mol. The first-order valence-electron chi connectivity index (χ1n) is 15.0. The van der Waals surface area contributed by atoms with Gasteiger partial charge in [-0.2, -0.15) is 0 Å². The van der Waals surface area contributed by atoms with Crippen LogP contribution in [0.15, 0.2) is 41.3 Å². The third-order valence-electron chi connectivity index (χ3n) is 7.17. The van der Waals surface area contributed by atoms with E-state index in [1.165, 1.54) is 12.1 Å². The number of benzene rings is 2. The van der Waals surface area contributed by atoms with Crippen LogP contribution in [0.5, 0.6) is 5.75 Å². The SMILES string of the molecule is CNC(=O)NCCCCNC(=O)NCCOCCOCCNS(=O)(=O)c1ccc(O[C@H]2c3cc(Cl)cc(Cl)c3C[C@@H]2N(C)C)cc1. The van der Waals surface area contributed by atoms with Crippen molar-refractivity contribution < 1.29 is 32.2 Å². The number of likely N-dealkylation sites (N-methyl/N-ethyl adjacent to an activating group) is 1. The third kappa shape index (κ3) is 12.1. The van der Waals surface area contributed by atoms with E-state index < -0.39 is 10.0 Å². The molecule has 0 unspecified atom stereocenters. The molecule has 1 aliphatic rings. The second kappa shape index (κ2) is 19.1. The number of nitrogens with one attached hydrogen (secondary N) is 5. The maximum Gasteiger partial charge on any atom is 0.314 e. The maximum atomic E-state index is 12.8. The molecule has 0 spiro atoms. The summed E-state index contributed by atoms with van der Waals surface area (Å²) in [5.41, 5.74) is 1.93. The van der Waals surface area contributed by atoms with Crippen molar-refractivity contribution in [2.75, 3.05) is 73.7 Å². The van der Waals surface area contributed by atoms with Crippen molar-refractivity contribution in [1.29, 1.82) is 0 Å². The molecule has 0 aromatic heterocycles. The summed E-state index contributed by atoms with van der Waals surface area (Å²) in [6.45, 7) is 2.52. The molecule has 0 heterocycles. The Kier molecular flexibility index (Phi) is 15.6. The number of sulfonamides is 1. The summed E-state index contributed by atoms with van der Waals surface area (Å²) in [7, 11) is 1.76. The van der Waals surface area contributed by atoms with E-state index in [9.17, 15) is 18.0 Å². The van der Waals surface area contributed by atoms with E-state index in [2.05, 4.69) is 30.9 Å². The summed E-state index contributed by atoms with van der Waals surface area (Å²) in [4.78, 5) is 25.0. The third-order valence-corrected chi connectivity index (χ3v) is 9.20. The van der Waals surface area contributed by atoms with Gasteiger partial charge in [-0.3, -0.25) is 0 Å². The van der Waals surface area contributed by atoms with Crippen LogP contribution in [0.3, 0.4) is 0 Å². The Balaban J connectivity index is 1.28. The highest BCUT2D eigenvalue weighted by atomic mass is 35.5. The smallest absolute Gasteiger partial charge is 0.314 e. The number of rotatable bonds is 19. The number of urea groups is 2. The van der Waals surface area contributed by atoms with Gasteiger partial charge in [-0.25, -0.2) is 22.7 Å². The van der Waals surface area contributed by atoms with Gasteiger partial charge in [0.05, 0.1) is 37.4 Å². The Morgan fingerprint density at radius 3 is 2.11 bits per heavy atom. The van der Waals surface area contributed by atoms with E-state index >= 15 is 0 Å². The van der Waals surface area contributed by atoms with Crippen LogP contribution >= 0.6 is 23.2 Å². The van der Waals surface area contributed by atoms with Crippen LogP contribution in [0, 0.1) is 0 Å². The topological polar surface area (TPSA) is 159 Å². The zero-order valence-corrected chi connectivity index (χ0v) is 28.7. The number of carbonyl (C=O) groups excluding carboxylic acids is 2. The molecule has 3 rings (SSSR count). The molecule has 1 aliphatic carbocycles. The molecule has 2 aromatic carbocycles. The van der Waals surface area contributed by atoms with Crippen molar-refractivity contribution in [3.8, 4) is 5.75 Å². The summed E-state index contributed by atoms with van der Waals surface area (Å²) < 4.78 is 45.2. The van der Waals surface area contributed by atoms with Crippen molar-refractivity contribution >= 4 is 45.3 Å². The molecule has 0 aliphatic heterocycles. The van der Waals surface area contributed by atoms with E-state index in [-0.39, 0.29) is 48.9 Å². The average molecular weight is 704 g/mol. The number of ether oxygens (including phenoxy) is 3. The first-order valence-corrected chi connectivity index (χ1v) is 17.3. The highest BCUT2D eigenvalue weighted by molar-refractivity contribution is 7.89. The standard InChI is InChI=1S/C30H44Cl2N6O7S/c1-33-29(39)34-10-4-5-11-35-30(40)36-12-14-43-16-17-44-15-13-37-46(41,42)23-8-6-22(7-9-23)45-28-25-18-21(31)19-26(32)24(25)20-27(28)38(2)3/h6-9,18-19,27-28,37H,4-5,10-17,20H2,1-3H3,(H2,33,34,39)(H2,35,36,40)/t27-,28-/m0/s1. The molecular formula is C30H44Cl2N6O7S. The molecule has 5 N–H and O–H groups in total. The van der Waals surface area contributed by atoms with Gasteiger partial charge in [0.2, 0.25) is 10.0 Å². The number of nitrogens with zero attached hydrogens (tertiary/aromatic N) is 1. The minimum absolute atomic E-state index is 0.0391. The predicted molar refractivity (Wildman–Crippen MR) is 177 cm³/mol. The molecule has 0 bridgehead atoms. The van der Waals surface area contributed by atoms with Gasteiger partial charge in [-0.15, -0.1) is 0 Å². The minimum atomic E-state index is -3.74. The molecule has 2 aromatic rings. The van der Waals surface area contributed by atoms with Gasteiger partial charge in [-0.1, -0.05) is 23.2 Å². The molecule has 256 valence electrons. The van der Waals surface area contributed by atoms with E-state index in [1.807, 2.05) is 20.2 Å². The van der Waals surface area contributed by atoms with Gasteiger partial charge in [-0.05, 0) is 75.3 Å². The Labute approximate surface area is 281 Å². The van der Waals surface area contributed by atoms with Gasteiger partial charge in [0.25, 0.3) is 0 Å². The molecular weight excluding hydrogens is 659 g/mol. The molecule has 46 heavy (non-hydrogen) atoms. The molecule has 16 heteroatoms. The number of halogens is 2. The Hall–Kier alpha value is -2.85. The van der Waals surface area contributed by atoms with Crippen LogP contribution in [0.2, 0.25) is 10.0 Å². The molecule has 4 amide bonds. The van der Waals surface area contributed by atoms with Crippen molar-refractivity contribution in [2.24, 2.45) is 0 Å². The second-order valence-corrected chi connectivity index (χ2v) is 13.3. The van der Waals surface area contributed by atoms with Gasteiger partial charge in [0, 0.05) is 48.8 Å². The summed E-state index contributed by atoms with van der Waals surface area (Å²) in [5.74, 6) is 0.530. The fourth-order valence-electron chi connectivity index (χ4n) is 4.75. The van der Waals surface area contributed by atoms with Crippen LogP contribution in [0.25, 0.3) is 0 Å². The largest absolute Gasteiger partial charge is 0.484 e. The number of hydrogen-bond acceptors (Lipinski definition) is 8. The second-order valence-electron chi connectivity index (χ2n) is 10.7. The van der Waals surface area contributed by atoms with Crippen LogP contribution in [-0.4, -0.2) is 105 Å². The number of fused-ring (bicyclic) bond motifs is 1. The van der Waals surface area contributed by atoms with Gasteiger partial charge < -0.3 is 40.4 Å². The van der Waals surface area contributed by atoms with Crippen LogP contribution in [-0.2, 0) is 25.9 Å². The van der Waals surface area contributed by atoms with Crippen LogP contribution in [0.4, 0.5) is 9.59 Å². The zero-order chi connectivity index (χ0) is 33.5. The predicted octanol–water partition coefficient (Wildman–Crippen LogP) is 2.92. The number of carbonyl (C=O) groups is 2. The number of amides is 4. The van der Waals surface area contributed by atoms with Crippen LogP contribution < -0.4 is 30.7 Å². The Morgan fingerprint density at radius 1 is 0.870 bits per heavy atom. The molecule has 0 fully saturated rings. The summed E-state index contributed by atoms with van der Waals surface area (Å²) in [6.07, 6.45) is 1.89. The molecule has 2 atom stereocenters. The minimum Gasteiger partial charge on any atom is -0.484 e. The fourth-order valence-corrected chi connectivity index (χ4v) is 6.35. The summed E-state index contributed by atoms with van der Waals surface area (Å²) in [6, 6.07) is 9.39. The maximum absolute atomic E-state index is 12.8. The summed E-state index contributed by atoms with van der Waals surface area (Å²) in [5, 5.41) is 11.7. The molecule has 13 nitrogen and oxygen atoms in total. The van der Waals surface area contributed by atoms with Crippen LogP contribution in [0.1, 0.15) is 30.1 Å². The fraction of sp³-hybridized carbons (Fsp3) is 0.533. The normalized spacial score (nSPS) is 15.8. The van der Waals surface area contributed by atoms with E-state index in [1.54, 1.807) is 25.2 Å². The van der Waals surface area contributed by atoms with E-state index in [4.69, 9.17) is 37.4 Å². The van der Waals surface area contributed by atoms with E-state index in [0.29, 0.717) is 55.1 Å². The Morgan fingerprint density at radius 2 is 1.48 bits per heavy atom. The zero-order valence-electron chi connectivity index (χ0n) is 26.4. The lowest BCUT2D eigenvalue weighted by Crippen LogP contribution is -2.38. The average Bonchev–Trinajstić information content (AvgIpc) is 3.38. The molecule has 0 radical (unpaired) electrons. The van der Waals surface area contributed by atoms with E-state index in [0.717, 1.165) is 24.0 Å². The molecule has 0 saturated heterocycles. The lowest BCUT2D eigenvalue weighted by atomic mass is 10.1. The quantitative estimate of drug-likeness (QED) is 0.140. The number of unbranched alkanes of at least 4 members (excludes halogenated alkanes) is 1. The van der Waals surface area contributed by atoms with Gasteiger partial charge >= 0.3 is 12.1 Å². The molecule has 0 saturated carbocycles. The first-order chi connectivity index (χ1) is 22.0.